The van der Waals surface area contributed by atoms with Gasteiger partial charge in [-0.3, -0.25) is 0 Å². The average molecular weight is 242 g/mol. The van der Waals surface area contributed by atoms with E-state index in [1.54, 1.807) is 0 Å². The number of hydrogen-bond acceptors (Lipinski definition) is 3. The molecule has 17 heavy (non-hydrogen) atoms. The number of aliphatic hydroxyl groups is 1. The van der Waals surface area contributed by atoms with Crippen molar-refractivity contribution in [1.29, 1.82) is 0 Å². The van der Waals surface area contributed by atoms with Crippen LogP contribution in [-0.4, -0.2) is 42.3 Å². The third-order valence-electron chi connectivity index (χ3n) is 3.84. The van der Waals surface area contributed by atoms with Gasteiger partial charge in [-0.15, -0.1) is 0 Å². The molecule has 0 saturated heterocycles. The second-order valence-electron chi connectivity index (χ2n) is 5.25. The van der Waals surface area contributed by atoms with Gasteiger partial charge in [-0.05, 0) is 58.2 Å². The number of unbranched alkanes of at least 4 members (excludes halogenated alkanes) is 2. The van der Waals surface area contributed by atoms with Gasteiger partial charge < -0.3 is 15.7 Å². The summed E-state index contributed by atoms with van der Waals surface area (Å²) in [6, 6.07) is 0.810. The van der Waals surface area contributed by atoms with E-state index in [2.05, 4.69) is 4.90 Å². The standard InChI is InChI=1S/C14H30N2O/c15-10-7-12-16(11-5-2-6-13-17)14-8-3-1-4-9-14/h14,17H,1-13,15H2. The highest BCUT2D eigenvalue weighted by Crippen LogP contribution is 2.23. The van der Waals surface area contributed by atoms with Gasteiger partial charge in [0.15, 0.2) is 0 Å². The van der Waals surface area contributed by atoms with E-state index in [1.807, 2.05) is 0 Å². The van der Waals surface area contributed by atoms with Crippen LogP contribution in [0.1, 0.15) is 57.8 Å². The van der Waals surface area contributed by atoms with E-state index in [9.17, 15) is 0 Å². The molecule has 3 nitrogen and oxygen atoms in total. The Bertz CT molecular complexity index is 170. The molecule has 1 aliphatic rings. The summed E-state index contributed by atoms with van der Waals surface area (Å²) < 4.78 is 0. The first-order valence-electron chi connectivity index (χ1n) is 7.43. The summed E-state index contributed by atoms with van der Waals surface area (Å²) in [6.45, 7) is 3.51. The quantitative estimate of drug-likeness (QED) is 0.609. The highest BCUT2D eigenvalue weighted by atomic mass is 16.2. The van der Waals surface area contributed by atoms with E-state index >= 15 is 0 Å². The van der Waals surface area contributed by atoms with Crippen LogP contribution in [0.4, 0.5) is 0 Å². The van der Waals surface area contributed by atoms with Crippen molar-refractivity contribution in [3.63, 3.8) is 0 Å². The van der Waals surface area contributed by atoms with Gasteiger partial charge in [-0.25, -0.2) is 0 Å². The molecule has 1 fully saturated rings. The maximum atomic E-state index is 8.79. The number of aliphatic hydroxyl groups excluding tert-OH is 1. The van der Waals surface area contributed by atoms with Crippen molar-refractivity contribution in [3.05, 3.63) is 0 Å². The first-order chi connectivity index (χ1) is 8.38. The zero-order valence-electron chi connectivity index (χ0n) is 11.2. The Kier molecular flexibility index (Phi) is 8.67. The molecule has 0 heterocycles. The molecular weight excluding hydrogens is 212 g/mol. The Labute approximate surface area is 106 Å². The predicted octanol–water partition coefficient (Wildman–Crippen LogP) is 2.13. The van der Waals surface area contributed by atoms with E-state index in [0.29, 0.717) is 6.61 Å². The molecule has 0 aromatic heterocycles. The molecule has 0 atom stereocenters. The average Bonchev–Trinajstić information content (AvgIpc) is 2.39. The molecule has 0 radical (unpaired) electrons. The molecule has 3 N–H and O–H groups in total. The zero-order chi connectivity index (χ0) is 12.3. The first kappa shape index (κ1) is 14.9. The van der Waals surface area contributed by atoms with Crippen molar-refractivity contribution in [3.8, 4) is 0 Å². The van der Waals surface area contributed by atoms with Crippen LogP contribution in [0.15, 0.2) is 0 Å². The fraction of sp³-hybridized carbons (Fsp3) is 1.00. The van der Waals surface area contributed by atoms with Crippen LogP contribution < -0.4 is 5.73 Å². The third-order valence-corrected chi connectivity index (χ3v) is 3.84. The van der Waals surface area contributed by atoms with Gasteiger partial charge >= 0.3 is 0 Å². The number of rotatable bonds is 9. The second-order valence-corrected chi connectivity index (χ2v) is 5.25. The van der Waals surface area contributed by atoms with E-state index in [4.69, 9.17) is 10.8 Å². The lowest BCUT2D eigenvalue weighted by Crippen LogP contribution is -2.38. The SMILES string of the molecule is NCCCN(CCCCCO)C1CCCCC1. The second kappa shape index (κ2) is 9.86. The van der Waals surface area contributed by atoms with Gasteiger partial charge in [0, 0.05) is 12.6 Å². The first-order valence-corrected chi connectivity index (χ1v) is 7.43. The van der Waals surface area contributed by atoms with Crippen LogP contribution in [-0.2, 0) is 0 Å². The molecule has 0 amide bonds. The normalized spacial score (nSPS) is 17.8. The van der Waals surface area contributed by atoms with Crippen molar-refractivity contribution in [1.82, 2.24) is 4.90 Å². The van der Waals surface area contributed by atoms with Crippen LogP contribution >= 0.6 is 0 Å². The Morgan fingerprint density at radius 2 is 1.65 bits per heavy atom. The van der Waals surface area contributed by atoms with E-state index in [1.165, 1.54) is 51.6 Å². The molecule has 0 spiro atoms. The van der Waals surface area contributed by atoms with Gasteiger partial charge in [-0.1, -0.05) is 19.3 Å². The molecular formula is C14H30N2O. The van der Waals surface area contributed by atoms with Gasteiger partial charge in [0.2, 0.25) is 0 Å². The Morgan fingerprint density at radius 1 is 0.941 bits per heavy atom. The molecule has 1 rings (SSSR count). The lowest BCUT2D eigenvalue weighted by molar-refractivity contribution is 0.151. The number of hydrogen-bond donors (Lipinski definition) is 2. The van der Waals surface area contributed by atoms with Gasteiger partial charge in [-0.2, -0.15) is 0 Å². The van der Waals surface area contributed by atoms with Crippen LogP contribution in [0.2, 0.25) is 0 Å². The summed E-state index contributed by atoms with van der Waals surface area (Å²) in [5.41, 5.74) is 5.62. The minimum Gasteiger partial charge on any atom is -0.396 e. The molecule has 0 aromatic rings. The molecule has 3 heteroatoms. The molecule has 102 valence electrons. The van der Waals surface area contributed by atoms with Gasteiger partial charge in [0.1, 0.15) is 0 Å². The van der Waals surface area contributed by atoms with Crippen LogP contribution in [0.5, 0.6) is 0 Å². The predicted molar refractivity (Wildman–Crippen MR) is 73.1 cm³/mol. The molecule has 1 saturated carbocycles. The largest absolute Gasteiger partial charge is 0.396 e. The summed E-state index contributed by atoms with van der Waals surface area (Å²) in [7, 11) is 0. The highest BCUT2D eigenvalue weighted by molar-refractivity contribution is 4.76. The zero-order valence-corrected chi connectivity index (χ0v) is 11.2. The molecule has 0 bridgehead atoms. The lowest BCUT2D eigenvalue weighted by Gasteiger charge is -2.34. The topological polar surface area (TPSA) is 49.5 Å². The maximum Gasteiger partial charge on any atom is 0.0431 e. The fourth-order valence-corrected chi connectivity index (χ4v) is 2.82. The molecule has 0 unspecified atom stereocenters. The van der Waals surface area contributed by atoms with Gasteiger partial charge in [0.05, 0.1) is 0 Å². The highest BCUT2D eigenvalue weighted by Gasteiger charge is 2.19. The summed E-state index contributed by atoms with van der Waals surface area (Å²) in [5, 5.41) is 8.79. The van der Waals surface area contributed by atoms with Crippen LogP contribution in [0.25, 0.3) is 0 Å². The summed E-state index contributed by atoms with van der Waals surface area (Å²) in [5.74, 6) is 0. The van der Waals surface area contributed by atoms with E-state index in [0.717, 1.165) is 31.8 Å². The van der Waals surface area contributed by atoms with Crippen molar-refractivity contribution in [2.75, 3.05) is 26.2 Å². The van der Waals surface area contributed by atoms with E-state index in [-0.39, 0.29) is 0 Å². The lowest BCUT2D eigenvalue weighted by atomic mass is 9.94. The van der Waals surface area contributed by atoms with Crippen molar-refractivity contribution in [2.45, 2.75) is 63.8 Å². The summed E-state index contributed by atoms with van der Waals surface area (Å²) in [6.07, 6.45) is 11.4. The van der Waals surface area contributed by atoms with Crippen molar-refractivity contribution >= 4 is 0 Å². The molecule has 0 aliphatic heterocycles. The van der Waals surface area contributed by atoms with Crippen molar-refractivity contribution < 1.29 is 5.11 Å². The number of nitrogens with zero attached hydrogens (tertiary/aromatic N) is 1. The van der Waals surface area contributed by atoms with E-state index < -0.39 is 0 Å². The summed E-state index contributed by atoms with van der Waals surface area (Å²) in [4.78, 5) is 2.66. The van der Waals surface area contributed by atoms with Crippen LogP contribution in [0.3, 0.4) is 0 Å². The molecule has 1 aliphatic carbocycles. The fourth-order valence-electron chi connectivity index (χ4n) is 2.82. The minimum absolute atomic E-state index is 0.340. The maximum absolute atomic E-state index is 8.79. The van der Waals surface area contributed by atoms with Crippen LogP contribution in [0, 0.1) is 0 Å². The monoisotopic (exact) mass is 242 g/mol. The Morgan fingerprint density at radius 3 is 2.29 bits per heavy atom. The molecule has 0 aromatic carbocycles. The smallest absolute Gasteiger partial charge is 0.0431 e. The van der Waals surface area contributed by atoms with Gasteiger partial charge in [0.25, 0.3) is 0 Å². The Hall–Kier alpha value is -0.120. The minimum atomic E-state index is 0.340. The van der Waals surface area contributed by atoms with Crippen molar-refractivity contribution in [2.24, 2.45) is 5.73 Å². The third kappa shape index (κ3) is 6.39. The number of nitrogens with two attached hydrogens (primary N) is 1. The summed E-state index contributed by atoms with van der Waals surface area (Å²) >= 11 is 0. The Balaban J connectivity index is 2.25.